The summed E-state index contributed by atoms with van der Waals surface area (Å²) in [6.07, 6.45) is 7.39. The molecule has 1 saturated heterocycles. The average Bonchev–Trinajstić information content (AvgIpc) is 2.74. The Kier molecular flexibility index (Phi) is 4.86. The molecular weight excluding hydrogens is 227 g/mol. The Morgan fingerprint density at radius 1 is 0.824 bits per heavy atom. The van der Waals surface area contributed by atoms with Gasteiger partial charge in [-0.05, 0) is 40.5 Å². The lowest BCUT2D eigenvalue weighted by Crippen LogP contribution is -2.31. The van der Waals surface area contributed by atoms with Gasteiger partial charge in [0, 0.05) is 39.1 Å². The van der Waals surface area contributed by atoms with Crippen LogP contribution in [-0.2, 0) is 0 Å². The van der Waals surface area contributed by atoms with Gasteiger partial charge in [0.1, 0.15) is 0 Å². The maximum absolute atomic E-state index is 2.81. The van der Waals surface area contributed by atoms with Crippen molar-refractivity contribution in [3.8, 4) is 0 Å². The summed E-state index contributed by atoms with van der Waals surface area (Å²) in [5.74, 6) is 0. The molecule has 1 aliphatic heterocycles. The SMILES string of the molecule is CC(C)N1CCN(C(C)C)P1C1CCCCC1. The fourth-order valence-electron chi connectivity index (χ4n) is 3.28. The molecule has 2 fully saturated rings. The first kappa shape index (κ1) is 13.8. The van der Waals surface area contributed by atoms with Gasteiger partial charge in [0.05, 0.1) is 0 Å². The van der Waals surface area contributed by atoms with Crippen LogP contribution in [0.5, 0.6) is 0 Å². The van der Waals surface area contributed by atoms with Crippen molar-refractivity contribution in [2.24, 2.45) is 0 Å². The number of nitrogens with zero attached hydrogens (tertiary/aromatic N) is 2. The van der Waals surface area contributed by atoms with E-state index in [1.165, 1.54) is 45.2 Å². The Labute approximate surface area is 109 Å². The smallest absolute Gasteiger partial charge is 0.0433 e. The summed E-state index contributed by atoms with van der Waals surface area (Å²) in [7, 11) is -0.00238. The first-order chi connectivity index (χ1) is 8.11. The van der Waals surface area contributed by atoms with E-state index in [1.54, 1.807) is 0 Å². The molecule has 0 unspecified atom stereocenters. The van der Waals surface area contributed by atoms with Crippen LogP contribution in [-0.4, -0.2) is 40.2 Å². The van der Waals surface area contributed by atoms with Gasteiger partial charge in [0.15, 0.2) is 0 Å². The molecular formula is C14H29N2P. The Bertz CT molecular complexity index is 220. The molecule has 2 aliphatic rings. The van der Waals surface area contributed by atoms with Gasteiger partial charge in [-0.25, -0.2) is 0 Å². The van der Waals surface area contributed by atoms with Gasteiger partial charge in [-0.3, -0.25) is 9.34 Å². The first-order valence-electron chi connectivity index (χ1n) is 7.43. The molecule has 0 amide bonds. The summed E-state index contributed by atoms with van der Waals surface area (Å²) in [5.41, 5.74) is 0.992. The van der Waals surface area contributed by atoms with Crippen molar-refractivity contribution in [2.45, 2.75) is 77.5 Å². The predicted molar refractivity (Wildman–Crippen MR) is 77.5 cm³/mol. The van der Waals surface area contributed by atoms with Crippen LogP contribution in [0.4, 0.5) is 0 Å². The lowest BCUT2D eigenvalue weighted by atomic mass is 10.0. The van der Waals surface area contributed by atoms with Crippen molar-refractivity contribution < 1.29 is 0 Å². The molecule has 3 heteroatoms. The van der Waals surface area contributed by atoms with Crippen molar-refractivity contribution in [3.63, 3.8) is 0 Å². The second-order valence-corrected chi connectivity index (χ2v) is 8.52. The van der Waals surface area contributed by atoms with Gasteiger partial charge >= 0.3 is 0 Å². The van der Waals surface area contributed by atoms with Crippen LogP contribution in [0, 0.1) is 0 Å². The highest BCUT2D eigenvalue weighted by Gasteiger charge is 2.40. The fraction of sp³-hybridized carbons (Fsp3) is 1.00. The molecule has 1 heterocycles. The summed E-state index contributed by atoms with van der Waals surface area (Å²) in [4.78, 5) is 0. The van der Waals surface area contributed by atoms with Crippen LogP contribution in [0.2, 0.25) is 0 Å². The van der Waals surface area contributed by atoms with Gasteiger partial charge in [0.25, 0.3) is 0 Å². The molecule has 2 nitrogen and oxygen atoms in total. The molecule has 100 valence electrons. The highest BCUT2D eigenvalue weighted by Crippen LogP contribution is 2.58. The minimum absolute atomic E-state index is 0.00238. The van der Waals surface area contributed by atoms with E-state index in [9.17, 15) is 0 Å². The minimum atomic E-state index is -0.00238. The quantitative estimate of drug-likeness (QED) is 0.702. The number of rotatable bonds is 3. The first-order valence-corrected chi connectivity index (χ1v) is 8.75. The topological polar surface area (TPSA) is 6.48 Å². The molecule has 0 aromatic heterocycles. The third kappa shape index (κ3) is 3.03. The average molecular weight is 256 g/mol. The summed E-state index contributed by atoms with van der Waals surface area (Å²) >= 11 is 0. The van der Waals surface area contributed by atoms with E-state index in [1.807, 2.05) is 0 Å². The highest BCUT2D eigenvalue weighted by atomic mass is 31.1. The molecule has 1 aliphatic carbocycles. The Balaban J connectivity index is 2.10. The van der Waals surface area contributed by atoms with Crippen molar-refractivity contribution in [2.75, 3.05) is 13.1 Å². The van der Waals surface area contributed by atoms with Gasteiger partial charge in [-0.1, -0.05) is 19.3 Å². The van der Waals surface area contributed by atoms with Crippen LogP contribution in [0.25, 0.3) is 0 Å². The Hall–Kier alpha value is 0.350. The van der Waals surface area contributed by atoms with Crippen molar-refractivity contribution >= 4 is 8.22 Å². The van der Waals surface area contributed by atoms with Gasteiger partial charge in [-0.15, -0.1) is 0 Å². The molecule has 0 aromatic carbocycles. The van der Waals surface area contributed by atoms with Crippen LogP contribution in [0.1, 0.15) is 59.8 Å². The van der Waals surface area contributed by atoms with Crippen LogP contribution in [0.3, 0.4) is 0 Å². The van der Waals surface area contributed by atoms with E-state index >= 15 is 0 Å². The van der Waals surface area contributed by atoms with Crippen LogP contribution >= 0.6 is 8.22 Å². The van der Waals surface area contributed by atoms with Crippen LogP contribution in [0.15, 0.2) is 0 Å². The zero-order valence-electron chi connectivity index (χ0n) is 12.0. The lowest BCUT2D eigenvalue weighted by molar-refractivity contribution is 0.390. The minimum Gasteiger partial charge on any atom is -0.266 e. The molecule has 0 atom stereocenters. The molecule has 1 saturated carbocycles. The van der Waals surface area contributed by atoms with E-state index in [-0.39, 0.29) is 8.22 Å². The fourth-order valence-corrected chi connectivity index (χ4v) is 6.77. The van der Waals surface area contributed by atoms with E-state index < -0.39 is 0 Å². The summed E-state index contributed by atoms with van der Waals surface area (Å²) in [6, 6.07) is 1.46. The largest absolute Gasteiger partial charge is 0.266 e. The third-order valence-electron chi connectivity index (χ3n) is 4.18. The zero-order valence-corrected chi connectivity index (χ0v) is 12.9. The van der Waals surface area contributed by atoms with Crippen LogP contribution < -0.4 is 0 Å². The second kappa shape index (κ2) is 5.99. The number of hydrogen-bond acceptors (Lipinski definition) is 2. The summed E-state index contributed by atoms with van der Waals surface area (Å²) < 4.78 is 5.62. The predicted octanol–water partition coefficient (Wildman–Crippen LogP) is 4.07. The van der Waals surface area contributed by atoms with Gasteiger partial charge in [0.2, 0.25) is 0 Å². The summed E-state index contributed by atoms with van der Waals surface area (Å²) in [5, 5.41) is 0. The Morgan fingerprint density at radius 2 is 1.29 bits per heavy atom. The van der Waals surface area contributed by atoms with Crippen molar-refractivity contribution in [1.82, 2.24) is 9.34 Å². The van der Waals surface area contributed by atoms with E-state index in [0.29, 0.717) is 0 Å². The molecule has 17 heavy (non-hydrogen) atoms. The molecule has 2 rings (SSSR count). The third-order valence-corrected chi connectivity index (χ3v) is 7.72. The molecule has 0 spiro atoms. The van der Waals surface area contributed by atoms with E-state index in [2.05, 4.69) is 37.0 Å². The maximum atomic E-state index is 2.81. The summed E-state index contributed by atoms with van der Waals surface area (Å²) in [6.45, 7) is 12.1. The van der Waals surface area contributed by atoms with E-state index in [0.717, 1.165) is 17.7 Å². The Morgan fingerprint density at radius 3 is 1.71 bits per heavy atom. The van der Waals surface area contributed by atoms with Crippen molar-refractivity contribution in [1.29, 1.82) is 0 Å². The normalized spacial score (nSPS) is 26.5. The molecule has 0 aromatic rings. The molecule has 0 radical (unpaired) electrons. The molecule has 0 bridgehead atoms. The standard InChI is InChI=1S/C14H29N2P/c1-12(2)15-10-11-16(13(3)4)17(15)14-8-6-5-7-9-14/h12-14H,5-11H2,1-4H3. The molecule has 0 N–H and O–H groups in total. The lowest BCUT2D eigenvalue weighted by Gasteiger charge is -2.41. The maximum Gasteiger partial charge on any atom is 0.0433 e. The highest BCUT2D eigenvalue weighted by molar-refractivity contribution is 7.53. The zero-order chi connectivity index (χ0) is 12.4. The number of hydrogen-bond donors (Lipinski definition) is 0. The monoisotopic (exact) mass is 256 g/mol. The van der Waals surface area contributed by atoms with E-state index in [4.69, 9.17) is 0 Å². The second-order valence-electron chi connectivity index (χ2n) is 6.13. The van der Waals surface area contributed by atoms with Gasteiger partial charge in [-0.2, -0.15) is 0 Å². The van der Waals surface area contributed by atoms with Crippen molar-refractivity contribution in [3.05, 3.63) is 0 Å². The van der Waals surface area contributed by atoms with Gasteiger partial charge < -0.3 is 0 Å².